The lowest BCUT2D eigenvalue weighted by Gasteiger charge is -2.21. The van der Waals surface area contributed by atoms with Gasteiger partial charge in [-0.2, -0.15) is 0 Å². The Morgan fingerprint density at radius 1 is 0.658 bits per heavy atom. The highest BCUT2D eigenvalue weighted by atomic mass is 35.5. The lowest BCUT2D eigenvalue weighted by molar-refractivity contribution is -0.121. The Kier molecular flexibility index (Phi) is 22.6. The Bertz CT molecular complexity index is 2870. The van der Waals surface area contributed by atoms with Crippen LogP contribution in [0, 0.1) is 6.92 Å². The molecule has 0 saturated carbocycles. The Labute approximate surface area is 437 Å². The third-order valence-corrected chi connectivity index (χ3v) is 14.4. The Morgan fingerprint density at radius 3 is 1.86 bits per heavy atom. The van der Waals surface area contributed by atoms with Crippen LogP contribution in [0.5, 0.6) is 5.75 Å². The highest BCUT2D eigenvalue weighted by Gasteiger charge is 2.35. The molecular formula is C56H71ClN4O10S2. The van der Waals surface area contributed by atoms with E-state index in [-0.39, 0.29) is 50.7 Å². The van der Waals surface area contributed by atoms with Crippen molar-refractivity contribution in [1.29, 1.82) is 0 Å². The minimum Gasteiger partial charge on any atom is -0.470 e. The average Bonchev–Trinajstić information content (AvgIpc) is 3.70. The zero-order valence-electron chi connectivity index (χ0n) is 42.8. The number of nitrogens with one attached hydrogen (secondary N) is 3. The summed E-state index contributed by atoms with van der Waals surface area (Å²) >= 11 is 6.60. The van der Waals surface area contributed by atoms with E-state index in [4.69, 9.17) is 21.1 Å². The number of benzene rings is 4. The monoisotopic (exact) mass is 1060 g/mol. The number of ketones is 1. The van der Waals surface area contributed by atoms with Gasteiger partial charge in [-0.05, 0) is 92.1 Å². The third kappa shape index (κ3) is 18.2. The number of sulfonamides is 1. The Hall–Kier alpha value is -5.97. The van der Waals surface area contributed by atoms with Crippen LogP contribution >= 0.6 is 11.6 Å². The molecule has 0 aliphatic carbocycles. The standard InChI is InChI=1S/C56H71ClN4O10S2/c1-6-8-10-12-14-15-16-17-19-24-36-70-56(65)42-30-34-47(57)48(37-42)59-55(64)54(71-51-35-33-45(72(4,66)67)38-49(51)60-73(5,68)69)53(63)46-39-50(61(40(46)3)44-25-21-20-22-26-44)41-28-31-43(32-29-41)58-52(62)27-23-18-13-11-9-7-2/h20-22,25-26,28-35,37-39,54,60H,6-19,23-24,27,36H2,1-5H3,(H,58,62)(H,59,64). The van der Waals surface area contributed by atoms with Gasteiger partial charge in [0, 0.05) is 35.3 Å². The number of aromatic nitrogens is 1. The lowest BCUT2D eigenvalue weighted by Crippen LogP contribution is -2.40. The number of ether oxygens (including phenoxy) is 2. The van der Waals surface area contributed by atoms with Crippen molar-refractivity contribution in [3.05, 3.63) is 119 Å². The lowest BCUT2D eigenvalue weighted by atomic mass is 10.0. The second-order valence-electron chi connectivity index (χ2n) is 18.5. The van der Waals surface area contributed by atoms with Crippen molar-refractivity contribution in [2.45, 2.75) is 141 Å². The molecule has 0 radical (unpaired) electrons. The molecule has 73 heavy (non-hydrogen) atoms. The fraction of sp³-hybridized carbons (Fsp3) is 0.429. The first-order valence-electron chi connectivity index (χ1n) is 25.4. The van der Waals surface area contributed by atoms with E-state index in [1.165, 1.54) is 63.1 Å². The van der Waals surface area contributed by atoms with Crippen LogP contribution in [-0.4, -0.2) is 70.2 Å². The van der Waals surface area contributed by atoms with Crippen molar-refractivity contribution in [2.24, 2.45) is 0 Å². The number of anilines is 3. The number of halogens is 1. The smallest absolute Gasteiger partial charge is 0.338 e. The van der Waals surface area contributed by atoms with Crippen LogP contribution in [0.25, 0.3) is 16.9 Å². The highest BCUT2D eigenvalue weighted by molar-refractivity contribution is 7.92. The molecular weight excluding hydrogens is 988 g/mol. The number of rotatable bonds is 31. The molecule has 4 aromatic carbocycles. The molecule has 5 rings (SSSR count). The molecule has 0 aliphatic heterocycles. The van der Waals surface area contributed by atoms with Gasteiger partial charge in [0.15, 0.2) is 9.84 Å². The third-order valence-electron chi connectivity index (χ3n) is 12.3. The zero-order valence-corrected chi connectivity index (χ0v) is 45.2. The number of hydrogen-bond donors (Lipinski definition) is 3. The van der Waals surface area contributed by atoms with Gasteiger partial charge in [0.2, 0.25) is 27.8 Å². The van der Waals surface area contributed by atoms with Crippen molar-refractivity contribution in [1.82, 2.24) is 4.57 Å². The number of para-hydroxylation sites is 1. The van der Waals surface area contributed by atoms with Crippen molar-refractivity contribution in [3.8, 4) is 22.7 Å². The predicted molar refractivity (Wildman–Crippen MR) is 292 cm³/mol. The van der Waals surface area contributed by atoms with Gasteiger partial charge in [0.1, 0.15) is 5.75 Å². The molecule has 5 aromatic rings. The summed E-state index contributed by atoms with van der Waals surface area (Å²) < 4.78 is 66.2. The van der Waals surface area contributed by atoms with E-state index < -0.39 is 43.6 Å². The average molecular weight is 1060 g/mol. The summed E-state index contributed by atoms with van der Waals surface area (Å²) in [6, 6.07) is 25.6. The number of carbonyl (C=O) groups is 4. The van der Waals surface area contributed by atoms with Crippen molar-refractivity contribution in [3.63, 3.8) is 0 Å². The molecule has 1 heterocycles. The molecule has 0 bridgehead atoms. The van der Waals surface area contributed by atoms with Gasteiger partial charge in [-0.3, -0.25) is 19.1 Å². The molecule has 1 aromatic heterocycles. The molecule has 0 saturated heterocycles. The van der Waals surface area contributed by atoms with E-state index in [1.54, 1.807) is 25.1 Å². The van der Waals surface area contributed by atoms with Gasteiger partial charge in [0.05, 0.1) is 45.4 Å². The number of unbranched alkanes of at least 4 members (excludes halogenated alkanes) is 14. The molecule has 394 valence electrons. The van der Waals surface area contributed by atoms with E-state index in [9.17, 15) is 31.2 Å². The van der Waals surface area contributed by atoms with Gasteiger partial charge in [-0.1, -0.05) is 146 Å². The Morgan fingerprint density at radius 2 is 1.26 bits per heavy atom. The van der Waals surface area contributed by atoms with Gasteiger partial charge < -0.3 is 24.7 Å². The number of hydrogen-bond acceptors (Lipinski definition) is 10. The molecule has 1 atom stereocenters. The fourth-order valence-electron chi connectivity index (χ4n) is 8.39. The van der Waals surface area contributed by atoms with E-state index in [2.05, 4.69) is 29.2 Å². The van der Waals surface area contributed by atoms with E-state index in [1.807, 2.05) is 47.0 Å². The van der Waals surface area contributed by atoms with Crippen LogP contribution in [0.4, 0.5) is 17.1 Å². The number of sulfone groups is 1. The minimum absolute atomic E-state index is 0.0264. The van der Waals surface area contributed by atoms with E-state index in [0.29, 0.717) is 41.2 Å². The molecule has 0 spiro atoms. The minimum atomic E-state index is -4.06. The molecule has 1 unspecified atom stereocenters. The molecule has 2 amide bonds. The summed E-state index contributed by atoms with van der Waals surface area (Å²) in [5, 5.41) is 5.64. The van der Waals surface area contributed by atoms with E-state index >= 15 is 4.79 Å². The maximum Gasteiger partial charge on any atom is 0.338 e. The molecule has 17 heteroatoms. The topological polar surface area (TPSA) is 196 Å². The molecule has 0 fully saturated rings. The zero-order chi connectivity index (χ0) is 53.0. The first-order chi connectivity index (χ1) is 34.9. The first kappa shape index (κ1) is 57.9. The van der Waals surface area contributed by atoms with Crippen LogP contribution in [-0.2, 0) is 34.2 Å². The molecule has 0 aliphatic rings. The molecule has 14 nitrogen and oxygen atoms in total. The highest BCUT2D eigenvalue weighted by Crippen LogP contribution is 2.35. The Balaban J connectivity index is 1.45. The summed E-state index contributed by atoms with van der Waals surface area (Å²) in [5.41, 5.74) is 2.68. The predicted octanol–water partition coefficient (Wildman–Crippen LogP) is 12.9. The normalized spacial score (nSPS) is 12.0. The summed E-state index contributed by atoms with van der Waals surface area (Å²) in [4.78, 5) is 55.6. The van der Waals surface area contributed by atoms with E-state index in [0.717, 1.165) is 82.1 Å². The van der Waals surface area contributed by atoms with Gasteiger partial charge in [-0.25, -0.2) is 21.6 Å². The maximum atomic E-state index is 15.1. The number of amides is 2. The van der Waals surface area contributed by atoms with Crippen LogP contribution < -0.4 is 20.1 Å². The maximum absolute atomic E-state index is 15.1. The second-order valence-corrected chi connectivity index (χ2v) is 22.7. The van der Waals surface area contributed by atoms with Crippen molar-refractivity contribution >= 4 is 72.1 Å². The van der Waals surface area contributed by atoms with Crippen LogP contribution in [0.3, 0.4) is 0 Å². The summed E-state index contributed by atoms with van der Waals surface area (Å²) in [5.74, 6) is -2.96. The van der Waals surface area contributed by atoms with Gasteiger partial charge >= 0.3 is 5.97 Å². The summed E-state index contributed by atoms with van der Waals surface area (Å²) in [7, 11) is -7.93. The van der Waals surface area contributed by atoms with Crippen LogP contribution in [0.1, 0.15) is 149 Å². The number of nitrogens with zero attached hydrogens (tertiary/aromatic N) is 1. The van der Waals surface area contributed by atoms with Crippen LogP contribution in [0.15, 0.2) is 102 Å². The first-order valence-corrected chi connectivity index (χ1v) is 29.5. The van der Waals surface area contributed by atoms with Gasteiger partial charge in [0.25, 0.3) is 5.91 Å². The number of esters is 1. The fourth-order valence-corrected chi connectivity index (χ4v) is 9.76. The SMILES string of the molecule is CCCCCCCCCCCCOC(=O)c1ccc(Cl)c(NC(=O)C(Oc2ccc(S(C)(=O)=O)cc2NS(C)(=O)=O)C(=O)c2cc(-c3ccc(NC(=O)CCCCCCCC)cc3)n(-c3ccccc3)c2C)c1. The van der Waals surface area contributed by atoms with Crippen molar-refractivity contribution in [2.75, 3.05) is 34.5 Å². The largest absolute Gasteiger partial charge is 0.470 e. The number of Topliss-reactive ketones (excluding diaryl/α,β-unsaturated/α-hetero) is 1. The summed E-state index contributed by atoms with van der Waals surface area (Å²) in [6.45, 7) is 6.28. The molecule has 3 N–H and O–H groups in total. The quantitative estimate of drug-likeness (QED) is 0.0166. The second kappa shape index (κ2) is 28.5. The summed E-state index contributed by atoms with van der Waals surface area (Å²) in [6.07, 6.45) is 17.7. The van der Waals surface area contributed by atoms with Crippen molar-refractivity contribution < 1.29 is 45.5 Å². The number of carbonyl (C=O) groups excluding carboxylic acids is 4. The van der Waals surface area contributed by atoms with Gasteiger partial charge in [-0.15, -0.1) is 0 Å². The van der Waals surface area contributed by atoms with Crippen LogP contribution in [0.2, 0.25) is 5.02 Å².